The molecule has 0 aromatic carbocycles. The van der Waals surface area contributed by atoms with E-state index in [1.807, 2.05) is 0 Å². The number of fused-ring (bicyclic) bond motifs is 1. The second kappa shape index (κ2) is 2.08. The maximum absolute atomic E-state index is 2.51. The first kappa shape index (κ1) is 8.59. The van der Waals surface area contributed by atoms with E-state index in [0.29, 0.717) is 0 Å². The second-order valence-electron chi connectivity index (χ2n) is 5.52. The zero-order chi connectivity index (χ0) is 9.15. The molecule has 2 rings (SSSR count). The summed E-state index contributed by atoms with van der Waals surface area (Å²) in [4.78, 5) is 0. The summed E-state index contributed by atoms with van der Waals surface area (Å²) in [6.45, 7) is 12.1. The smallest absolute Gasteiger partial charge is 0.0171 e. The van der Waals surface area contributed by atoms with Gasteiger partial charge in [-0.3, -0.25) is 0 Å². The Morgan fingerprint density at radius 3 is 2.17 bits per heavy atom. The van der Waals surface area contributed by atoms with Crippen molar-refractivity contribution < 1.29 is 0 Å². The van der Waals surface area contributed by atoms with Gasteiger partial charge in [0.2, 0.25) is 0 Å². The van der Waals surface area contributed by atoms with Crippen LogP contribution in [0.4, 0.5) is 0 Å². The zero-order valence-electron chi connectivity index (χ0n) is 9.15. The number of hydrogen-bond acceptors (Lipinski definition) is 0. The highest BCUT2D eigenvalue weighted by molar-refractivity contribution is 5.38. The Morgan fingerprint density at radius 1 is 1.33 bits per heavy atom. The molecule has 0 aromatic rings. The maximum Gasteiger partial charge on any atom is -0.0171 e. The van der Waals surface area contributed by atoms with Crippen molar-refractivity contribution >= 4 is 0 Å². The van der Waals surface area contributed by atoms with E-state index in [1.54, 1.807) is 0 Å². The lowest BCUT2D eigenvalue weighted by atomic mass is 9.84. The molecule has 0 heterocycles. The van der Waals surface area contributed by atoms with Gasteiger partial charge in [-0.05, 0) is 35.0 Å². The molecule has 4 unspecified atom stereocenters. The van der Waals surface area contributed by atoms with Gasteiger partial charge in [0.15, 0.2) is 0 Å². The Kier molecular flexibility index (Phi) is 1.49. The molecule has 2 aliphatic rings. The van der Waals surface area contributed by atoms with Crippen molar-refractivity contribution in [3.8, 4) is 0 Å². The first-order valence-corrected chi connectivity index (χ1v) is 5.53. The molecule has 2 aliphatic carbocycles. The largest absolute Gasteiger partial charge is 0.0654 e. The van der Waals surface area contributed by atoms with E-state index in [1.165, 1.54) is 12.8 Å². The molecule has 0 N–H and O–H groups in total. The lowest BCUT2D eigenvalue weighted by Gasteiger charge is -2.21. The summed E-state index contributed by atoms with van der Waals surface area (Å²) in [5.74, 6) is 3.00. The molecule has 4 atom stereocenters. The van der Waals surface area contributed by atoms with Gasteiger partial charge < -0.3 is 0 Å². The third-order valence-electron chi connectivity index (χ3n) is 5.04. The van der Waals surface area contributed by atoms with Crippen molar-refractivity contribution in [2.45, 2.75) is 47.5 Å². The molecule has 0 radical (unpaired) electrons. The molecule has 2 fully saturated rings. The third kappa shape index (κ3) is 0.592. The maximum atomic E-state index is 2.51. The molecule has 0 aliphatic heterocycles. The average molecular weight is 166 g/mol. The van der Waals surface area contributed by atoms with Crippen molar-refractivity contribution in [1.29, 1.82) is 0 Å². The predicted octanol–water partition coefficient (Wildman–Crippen LogP) is 3.71. The molecule has 70 valence electrons. The van der Waals surface area contributed by atoms with Gasteiger partial charge in [-0.15, -0.1) is 0 Å². The fraction of sp³-hybridized carbons (Fsp3) is 1.00. The van der Waals surface area contributed by atoms with Crippen molar-refractivity contribution in [2.24, 2.45) is 28.6 Å². The van der Waals surface area contributed by atoms with Gasteiger partial charge in [-0.1, -0.05) is 41.0 Å². The minimum Gasteiger partial charge on any atom is -0.0654 e. The van der Waals surface area contributed by atoms with E-state index in [0.717, 1.165) is 28.6 Å². The molecular weight excluding hydrogens is 144 g/mol. The quantitative estimate of drug-likeness (QED) is 0.599. The Labute approximate surface area is 76.7 Å². The summed E-state index contributed by atoms with van der Waals surface area (Å²) in [5.41, 5.74) is 1.56. The number of rotatable bonds is 3. The van der Waals surface area contributed by atoms with Gasteiger partial charge in [-0.25, -0.2) is 0 Å². The van der Waals surface area contributed by atoms with Crippen LogP contribution in [-0.4, -0.2) is 0 Å². The van der Waals surface area contributed by atoms with Crippen molar-refractivity contribution in [3.63, 3.8) is 0 Å². The molecule has 0 saturated heterocycles. The van der Waals surface area contributed by atoms with Gasteiger partial charge in [0.1, 0.15) is 0 Å². The van der Waals surface area contributed by atoms with Crippen LogP contribution in [-0.2, 0) is 0 Å². The highest BCUT2D eigenvalue weighted by Gasteiger charge is 2.92. The lowest BCUT2D eigenvalue weighted by Crippen LogP contribution is -2.15. The Hall–Kier alpha value is 0. The SMILES string of the molecule is CCCC12C(C)C1(C)C2C(C)C. The van der Waals surface area contributed by atoms with Crippen molar-refractivity contribution in [3.05, 3.63) is 0 Å². The summed E-state index contributed by atoms with van der Waals surface area (Å²) in [7, 11) is 0. The van der Waals surface area contributed by atoms with Crippen LogP contribution in [0.25, 0.3) is 0 Å². The second-order valence-corrected chi connectivity index (χ2v) is 5.52. The molecule has 2 saturated carbocycles. The van der Waals surface area contributed by atoms with E-state index in [-0.39, 0.29) is 0 Å². The van der Waals surface area contributed by atoms with Crippen LogP contribution in [0.3, 0.4) is 0 Å². The van der Waals surface area contributed by atoms with Gasteiger partial charge >= 0.3 is 0 Å². The van der Waals surface area contributed by atoms with E-state index in [2.05, 4.69) is 34.6 Å². The summed E-state index contributed by atoms with van der Waals surface area (Å²) in [6.07, 6.45) is 2.86. The summed E-state index contributed by atoms with van der Waals surface area (Å²) in [6, 6.07) is 0. The average Bonchev–Trinajstić information content (AvgIpc) is 2.69. The van der Waals surface area contributed by atoms with Crippen LogP contribution >= 0.6 is 0 Å². The lowest BCUT2D eigenvalue weighted by molar-refractivity contribution is 0.274. The van der Waals surface area contributed by atoms with Gasteiger partial charge in [0.25, 0.3) is 0 Å². The van der Waals surface area contributed by atoms with Crippen LogP contribution in [0, 0.1) is 28.6 Å². The summed E-state index contributed by atoms with van der Waals surface area (Å²) >= 11 is 0. The highest BCUT2D eigenvalue weighted by atomic mass is 15.0. The van der Waals surface area contributed by atoms with E-state index < -0.39 is 0 Å². The standard InChI is InChI=1S/C12H22/c1-6-7-12-9(4)11(12,5)10(12)8(2)3/h8-10H,6-7H2,1-5H3. The highest BCUT2D eigenvalue weighted by Crippen LogP contribution is 2.96. The van der Waals surface area contributed by atoms with Crippen LogP contribution < -0.4 is 0 Å². The molecule has 0 bridgehead atoms. The van der Waals surface area contributed by atoms with Crippen LogP contribution in [0.1, 0.15) is 47.5 Å². The topological polar surface area (TPSA) is 0 Å². The van der Waals surface area contributed by atoms with Gasteiger partial charge in [0.05, 0.1) is 0 Å². The fourth-order valence-electron chi connectivity index (χ4n) is 4.57. The van der Waals surface area contributed by atoms with E-state index >= 15 is 0 Å². The van der Waals surface area contributed by atoms with E-state index in [4.69, 9.17) is 0 Å². The third-order valence-corrected chi connectivity index (χ3v) is 5.04. The Bertz CT molecular complexity index is 206. The van der Waals surface area contributed by atoms with Crippen LogP contribution in [0.15, 0.2) is 0 Å². The summed E-state index contributed by atoms with van der Waals surface area (Å²) in [5, 5.41) is 0. The zero-order valence-corrected chi connectivity index (χ0v) is 9.15. The molecule has 12 heavy (non-hydrogen) atoms. The predicted molar refractivity (Wildman–Crippen MR) is 52.9 cm³/mol. The van der Waals surface area contributed by atoms with Gasteiger partial charge in [-0.2, -0.15) is 0 Å². The normalized spacial score (nSPS) is 55.5. The van der Waals surface area contributed by atoms with Gasteiger partial charge in [0, 0.05) is 0 Å². The minimum atomic E-state index is 0.761. The summed E-state index contributed by atoms with van der Waals surface area (Å²) < 4.78 is 0. The molecule has 0 amide bonds. The van der Waals surface area contributed by atoms with Crippen LogP contribution in [0.5, 0.6) is 0 Å². The monoisotopic (exact) mass is 166 g/mol. The van der Waals surface area contributed by atoms with Crippen molar-refractivity contribution in [2.75, 3.05) is 0 Å². The van der Waals surface area contributed by atoms with E-state index in [9.17, 15) is 0 Å². The molecular formula is C12H22. The molecule has 0 aromatic heterocycles. The van der Waals surface area contributed by atoms with Crippen LogP contribution in [0.2, 0.25) is 0 Å². The molecule has 0 nitrogen and oxygen atoms in total. The van der Waals surface area contributed by atoms with Crippen molar-refractivity contribution in [1.82, 2.24) is 0 Å². The Morgan fingerprint density at radius 2 is 1.92 bits per heavy atom. The Balaban J connectivity index is 2.09. The number of hydrogen-bond donors (Lipinski definition) is 0. The first-order valence-electron chi connectivity index (χ1n) is 5.53. The minimum absolute atomic E-state index is 0.761. The first-order chi connectivity index (χ1) is 5.53. The molecule has 0 heteroatoms. The fourth-order valence-corrected chi connectivity index (χ4v) is 4.57. The molecule has 0 spiro atoms.